The molecule has 1 saturated heterocycles. The van der Waals surface area contributed by atoms with E-state index in [1.807, 2.05) is 30.3 Å². The molecule has 1 spiro atoms. The van der Waals surface area contributed by atoms with Gasteiger partial charge in [-0.05, 0) is 60.4 Å². The second kappa shape index (κ2) is 8.12. The van der Waals surface area contributed by atoms with Gasteiger partial charge in [-0.2, -0.15) is 5.10 Å². The molecule has 0 radical (unpaired) electrons. The number of amides is 4. The molecular formula is C26H22N4O5. The molecule has 1 aromatic carbocycles. The number of rotatable bonds is 5. The number of urea groups is 1. The van der Waals surface area contributed by atoms with Gasteiger partial charge in [-0.25, -0.2) is 9.80 Å². The standard InChI is InChI=1S/C26H22N4O5/c31-23(16-29-24(32)26(27-25(29)33)12-11-17-5-1-2-7-20(17)26)30-21(22-8-4-14-35-22)15-18(28-30)9-10-19-6-3-13-34-19/h1-10,13-14,21H,11-12,15-16H2,(H,27,33)/b10-9-/t21-,26-/m0/s1. The van der Waals surface area contributed by atoms with Gasteiger partial charge in [0.15, 0.2) is 0 Å². The van der Waals surface area contributed by atoms with Crippen molar-refractivity contribution in [2.45, 2.75) is 30.8 Å². The van der Waals surface area contributed by atoms with Crippen molar-refractivity contribution in [2.24, 2.45) is 5.10 Å². The van der Waals surface area contributed by atoms with Crippen LogP contribution in [0.2, 0.25) is 0 Å². The molecule has 0 unspecified atom stereocenters. The lowest BCUT2D eigenvalue weighted by atomic mass is 9.92. The molecule has 35 heavy (non-hydrogen) atoms. The third-order valence-electron chi connectivity index (χ3n) is 6.76. The molecule has 3 aliphatic rings. The third-order valence-corrected chi connectivity index (χ3v) is 6.76. The fourth-order valence-electron chi connectivity index (χ4n) is 5.07. The second-order valence-corrected chi connectivity index (χ2v) is 8.80. The maximum atomic E-state index is 13.5. The van der Waals surface area contributed by atoms with Crippen molar-refractivity contribution >= 4 is 29.6 Å². The zero-order valence-corrected chi connectivity index (χ0v) is 18.7. The van der Waals surface area contributed by atoms with Crippen LogP contribution in [0.1, 0.15) is 41.5 Å². The van der Waals surface area contributed by atoms with Gasteiger partial charge in [-0.15, -0.1) is 0 Å². The predicted octanol–water partition coefficient (Wildman–Crippen LogP) is 3.61. The normalized spacial score (nSPS) is 23.4. The molecule has 3 aromatic rings. The predicted molar refractivity (Wildman–Crippen MR) is 125 cm³/mol. The maximum absolute atomic E-state index is 13.5. The summed E-state index contributed by atoms with van der Waals surface area (Å²) in [5, 5.41) is 8.64. The van der Waals surface area contributed by atoms with E-state index in [4.69, 9.17) is 8.83 Å². The highest BCUT2D eigenvalue weighted by Crippen LogP contribution is 2.41. The van der Waals surface area contributed by atoms with E-state index in [9.17, 15) is 14.4 Å². The topological polar surface area (TPSA) is 108 Å². The van der Waals surface area contributed by atoms with E-state index in [0.29, 0.717) is 36.5 Å². The first kappa shape index (κ1) is 21.2. The number of furan rings is 2. The fraction of sp³-hybridized carbons (Fsp3) is 0.231. The first-order chi connectivity index (χ1) is 17.0. The van der Waals surface area contributed by atoms with Gasteiger partial charge in [-0.3, -0.25) is 14.5 Å². The van der Waals surface area contributed by atoms with Crippen molar-refractivity contribution in [1.29, 1.82) is 0 Å². The molecule has 1 N–H and O–H groups in total. The van der Waals surface area contributed by atoms with E-state index in [-0.39, 0.29) is 0 Å². The number of fused-ring (bicyclic) bond motifs is 2. The van der Waals surface area contributed by atoms with Gasteiger partial charge in [0.2, 0.25) is 0 Å². The average Bonchev–Trinajstić information content (AvgIpc) is 3.68. The summed E-state index contributed by atoms with van der Waals surface area (Å²) in [7, 11) is 0. The monoisotopic (exact) mass is 470 g/mol. The Kier molecular flexibility index (Phi) is 4.91. The summed E-state index contributed by atoms with van der Waals surface area (Å²) in [4.78, 5) is 40.7. The van der Waals surface area contributed by atoms with Gasteiger partial charge in [0.25, 0.3) is 11.8 Å². The van der Waals surface area contributed by atoms with Crippen molar-refractivity contribution in [2.75, 3.05) is 6.54 Å². The summed E-state index contributed by atoms with van der Waals surface area (Å²) in [6, 6.07) is 13.7. The molecule has 0 bridgehead atoms. The summed E-state index contributed by atoms with van der Waals surface area (Å²) >= 11 is 0. The van der Waals surface area contributed by atoms with E-state index < -0.39 is 36.0 Å². The summed E-state index contributed by atoms with van der Waals surface area (Å²) < 4.78 is 10.9. The molecule has 9 heteroatoms. The van der Waals surface area contributed by atoms with Crippen LogP contribution in [0.25, 0.3) is 6.08 Å². The van der Waals surface area contributed by atoms with Crippen LogP contribution < -0.4 is 5.32 Å². The number of benzene rings is 1. The van der Waals surface area contributed by atoms with Crippen molar-refractivity contribution < 1.29 is 23.2 Å². The van der Waals surface area contributed by atoms with Crippen molar-refractivity contribution in [3.05, 3.63) is 89.8 Å². The van der Waals surface area contributed by atoms with Crippen LogP contribution in [0.4, 0.5) is 4.79 Å². The minimum atomic E-state index is -1.11. The number of hydrogen-bond acceptors (Lipinski definition) is 6. The Morgan fingerprint density at radius 1 is 1.09 bits per heavy atom. The van der Waals surface area contributed by atoms with Crippen molar-refractivity contribution in [3.63, 3.8) is 0 Å². The lowest BCUT2D eigenvalue weighted by molar-refractivity contribution is -0.140. The third kappa shape index (κ3) is 3.47. The second-order valence-electron chi connectivity index (χ2n) is 8.80. The lowest BCUT2D eigenvalue weighted by Crippen LogP contribution is -2.44. The molecule has 2 aliphatic heterocycles. The van der Waals surface area contributed by atoms with Crippen molar-refractivity contribution in [3.8, 4) is 0 Å². The number of hydrazone groups is 1. The Labute approximate surface area is 200 Å². The van der Waals surface area contributed by atoms with E-state index in [0.717, 1.165) is 16.0 Å². The first-order valence-corrected chi connectivity index (χ1v) is 11.4. The number of nitrogens with one attached hydrogen (secondary N) is 1. The molecule has 4 amide bonds. The highest BCUT2D eigenvalue weighted by atomic mass is 16.3. The number of carbonyl (C=O) groups is 3. The molecule has 9 nitrogen and oxygen atoms in total. The molecule has 1 aliphatic carbocycles. The van der Waals surface area contributed by atoms with Crippen LogP contribution in [0.15, 0.2) is 81.1 Å². The fourth-order valence-corrected chi connectivity index (χ4v) is 5.07. The maximum Gasteiger partial charge on any atom is 0.325 e. The number of hydrogen-bond donors (Lipinski definition) is 1. The largest absolute Gasteiger partial charge is 0.467 e. The number of nitrogens with zero attached hydrogens (tertiary/aromatic N) is 3. The van der Waals surface area contributed by atoms with Gasteiger partial charge in [-0.1, -0.05) is 24.3 Å². The van der Waals surface area contributed by atoms with E-state index in [2.05, 4.69) is 10.4 Å². The van der Waals surface area contributed by atoms with Crippen LogP contribution in [-0.4, -0.2) is 40.0 Å². The van der Waals surface area contributed by atoms with Crippen LogP contribution in [-0.2, 0) is 21.5 Å². The Morgan fingerprint density at radius 2 is 1.91 bits per heavy atom. The Balaban J connectivity index is 1.25. The van der Waals surface area contributed by atoms with Gasteiger partial charge >= 0.3 is 6.03 Å². The molecule has 4 heterocycles. The van der Waals surface area contributed by atoms with Gasteiger partial charge in [0.05, 0.1) is 18.2 Å². The molecule has 176 valence electrons. The van der Waals surface area contributed by atoms with E-state index in [1.165, 1.54) is 11.3 Å². The molecule has 1 fully saturated rings. The zero-order chi connectivity index (χ0) is 24.0. The quantitative estimate of drug-likeness (QED) is 0.573. The SMILES string of the molecule is O=C1N[C@]2(CCc3ccccc32)C(=O)N1CC(=O)N1N=C(/C=C\c2ccco2)C[C@H]1c1ccco1. The first-order valence-electron chi connectivity index (χ1n) is 11.4. The van der Waals surface area contributed by atoms with Gasteiger partial charge < -0.3 is 14.2 Å². The Bertz CT molecular complexity index is 1360. The van der Waals surface area contributed by atoms with Gasteiger partial charge in [0.1, 0.15) is 29.6 Å². The Morgan fingerprint density at radius 3 is 2.71 bits per heavy atom. The Hall–Kier alpha value is -4.40. The molecule has 2 atom stereocenters. The van der Waals surface area contributed by atoms with Crippen LogP contribution in [0, 0.1) is 0 Å². The molecular weight excluding hydrogens is 448 g/mol. The highest BCUT2D eigenvalue weighted by Gasteiger charge is 2.55. The smallest absolute Gasteiger partial charge is 0.325 e. The summed E-state index contributed by atoms with van der Waals surface area (Å²) in [5.74, 6) is 0.353. The van der Waals surface area contributed by atoms with Crippen LogP contribution in [0.3, 0.4) is 0 Å². The number of allylic oxidation sites excluding steroid dienone is 1. The number of carbonyl (C=O) groups excluding carboxylic acids is 3. The molecule has 2 aromatic heterocycles. The van der Waals surface area contributed by atoms with Gasteiger partial charge in [0, 0.05) is 6.42 Å². The average molecular weight is 470 g/mol. The molecule has 6 rings (SSSR count). The minimum Gasteiger partial charge on any atom is -0.467 e. The number of aryl methyl sites for hydroxylation is 1. The van der Waals surface area contributed by atoms with E-state index in [1.54, 1.807) is 36.6 Å². The van der Waals surface area contributed by atoms with Crippen LogP contribution >= 0.6 is 0 Å². The minimum absolute atomic E-state index is 0.406. The summed E-state index contributed by atoms with van der Waals surface area (Å²) in [5.41, 5.74) is 1.37. The lowest BCUT2D eigenvalue weighted by Gasteiger charge is -2.24. The zero-order valence-electron chi connectivity index (χ0n) is 18.7. The van der Waals surface area contributed by atoms with Crippen LogP contribution in [0.5, 0.6) is 0 Å². The summed E-state index contributed by atoms with van der Waals surface area (Å²) in [6.45, 7) is -0.412. The number of imide groups is 1. The van der Waals surface area contributed by atoms with Crippen molar-refractivity contribution in [1.82, 2.24) is 15.2 Å². The summed E-state index contributed by atoms with van der Waals surface area (Å²) in [6.07, 6.45) is 8.24. The molecule has 0 saturated carbocycles. The highest BCUT2D eigenvalue weighted by molar-refractivity contribution is 6.10. The van der Waals surface area contributed by atoms with E-state index >= 15 is 0 Å².